The van der Waals surface area contributed by atoms with Gasteiger partial charge in [-0.1, -0.05) is 70.0 Å². The lowest BCUT2D eigenvalue weighted by Gasteiger charge is -2.29. The lowest BCUT2D eigenvalue weighted by molar-refractivity contribution is 0.247. The van der Waals surface area contributed by atoms with Crippen LogP contribution in [0.3, 0.4) is 0 Å². The molecule has 2 aliphatic rings. The van der Waals surface area contributed by atoms with Crippen LogP contribution in [0.1, 0.15) is 64.2 Å². The fraction of sp³-hybridized carbons (Fsp3) is 1.00. The first-order valence-corrected chi connectivity index (χ1v) is 6.62. The van der Waals surface area contributed by atoms with Crippen molar-refractivity contribution < 1.29 is 0 Å². The molecule has 0 aromatic carbocycles. The zero-order valence-corrected chi connectivity index (χ0v) is 9.38. The van der Waals surface area contributed by atoms with E-state index in [4.69, 9.17) is 7.85 Å². The predicted molar refractivity (Wildman–Crippen MR) is 62.7 cm³/mol. The highest BCUT2D eigenvalue weighted by Gasteiger charge is 2.25. The van der Waals surface area contributed by atoms with Crippen molar-refractivity contribution in [2.24, 2.45) is 11.8 Å². The van der Waals surface area contributed by atoms with Crippen LogP contribution in [-0.2, 0) is 0 Å². The van der Waals surface area contributed by atoms with Crippen LogP contribution in [0, 0.1) is 11.8 Å². The van der Waals surface area contributed by atoms with Gasteiger partial charge in [0.15, 0.2) is 0 Å². The predicted octanol–water partition coefficient (Wildman–Crippen LogP) is 4.10. The molecule has 0 N–H and O–H groups in total. The molecule has 3 atom stereocenters. The molecule has 0 heterocycles. The monoisotopic (exact) mass is 190 g/mol. The summed E-state index contributed by atoms with van der Waals surface area (Å²) in [5.41, 5.74) is 0. The van der Waals surface area contributed by atoms with Crippen LogP contribution >= 0.6 is 0 Å². The van der Waals surface area contributed by atoms with E-state index in [1.54, 1.807) is 0 Å². The van der Waals surface area contributed by atoms with E-state index >= 15 is 0 Å². The zero-order chi connectivity index (χ0) is 9.80. The van der Waals surface area contributed by atoms with E-state index in [2.05, 4.69) is 0 Å². The van der Waals surface area contributed by atoms with Crippen LogP contribution in [0.4, 0.5) is 0 Å². The van der Waals surface area contributed by atoms with Gasteiger partial charge in [-0.3, -0.25) is 0 Å². The smallest absolute Gasteiger partial charge is 0.0699 e. The molecular formula is C13H23B. The molecule has 78 valence electrons. The first-order valence-electron chi connectivity index (χ1n) is 6.62. The van der Waals surface area contributed by atoms with Gasteiger partial charge >= 0.3 is 0 Å². The highest BCUT2D eigenvalue weighted by atomic mass is 14.3. The van der Waals surface area contributed by atoms with E-state index in [1.807, 2.05) is 0 Å². The second kappa shape index (κ2) is 5.23. The molecule has 2 rings (SSSR count). The third-order valence-corrected chi connectivity index (χ3v) is 4.37. The van der Waals surface area contributed by atoms with Crippen molar-refractivity contribution in [2.45, 2.75) is 70.0 Å². The number of rotatable bonds is 0. The normalized spacial score (nSPS) is 40.4. The molecule has 0 amide bonds. The summed E-state index contributed by atoms with van der Waals surface area (Å²) in [6, 6.07) is 0. The Hall–Kier alpha value is 0.0649. The van der Waals surface area contributed by atoms with Gasteiger partial charge < -0.3 is 0 Å². The van der Waals surface area contributed by atoms with Crippen LogP contribution in [0.15, 0.2) is 0 Å². The number of hydrogen-bond acceptors (Lipinski definition) is 0. The van der Waals surface area contributed by atoms with Crippen LogP contribution in [-0.4, -0.2) is 7.85 Å². The van der Waals surface area contributed by atoms with Crippen molar-refractivity contribution in [3.05, 3.63) is 0 Å². The Kier molecular flexibility index (Phi) is 3.95. The van der Waals surface area contributed by atoms with Crippen molar-refractivity contribution in [3.63, 3.8) is 0 Å². The summed E-state index contributed by atoms with van der Waals surface area (Å²) in [6.07, 6.45) is 14.3. The van der Waals surface area contributed by atoms with Crippen LogP contribution in [0.2, 0.25) is 5.82 Å². The molecule has 0 aliphatic heterocycles. The summed E-state index contributed by atoms with van der Waals surface area (Å²) in [4.78, 5) is 0. The Morgan fingerprint density at radius 2 is 1.21 bits per heavy atom. The van der Waals surface area contributed by atoms with Crippen LogP contribution < -0.4 is 0 Å². The van der Waals surface area contributed by atoms with E-state index < -0.39 is 0 Å². The largest absolute Gasteiger partial charge is 0.0774 e. The molecule has 3 unspecified atom stereocenters. The molecule has 0 aromatic heterocycles. The van der Waals surface area contributed by atoms with E-state index in [-0.39, 0.29) is 0 Å². The standard InChI is InChI=1S/C13H23B/c14-13-8-4-7-11-5-2-1-3-6-12(11)9-10-13/h11-13H,1-10H2. The van der Waals surface area contributed by atoms with E-state index in [1.165, 1.54) is 64.2 Å². The molecular weight excluding hydrogens is 167 g/mol. The third kappa shape index (κ3) is 2.78. The lowest BCUT2D eigenvalue weighted by atomic mass is 9.71. The van der Waals surface area contributed by atoms with Gasteiger partial charge in [0.05, 0.1) is 7.85 Å². The molecule has 2 fully saturated rings. The van der Waals surface area contributed by atoms with Crippen molar-refractivity contribution in [3.8, 4) is 0 Å². The van der Waals surface area contributed by atoms with Gasteiger partial charge in [-0.15, -0.1) is 0 Å². The third-order valence-electron chi connectivity index (χ3n) is 4.37. The van der Waals surface area contributed by atoms with Gasteiger partial charge in [-0.05, 0) is 11.8 Å². The van der Waals surface area contributed by atoms with Crippen LogP contribution in [0.25, 0.3) is 0 Å². The molecule has 0 aromatic rings. The van der Waals surface area contributed by atoms with E-state index in [0.717, 1.165) is 11.8 Å². The quantitative estimate of drug-likeness (QED) is 0.504. The fourth-order valence-corrected chi connectivity index (χ4v) is 3.44. The highest BCUT2D eigenvalue weighted by molar-refractivity contribution is 6.11. The summed E-state index contributed by atoms with van der Waals surface area (Å²) in [5, 5.41) is 0. The average Bonchev–Trinajstić information content (AvgIpc) is 2.37. The number of fused-ring (bicyclic) bond motifs is 1. The van der Waals surface area contributed by atoms with Crippen LogP contribution in [0.5, 0.6) is 0 Å². The molecule has 2 radical (unpaired) electrons. The molecule has 0 nitrogen and oxygen atoms in total. The lowest BCUT2D eigenvalue weighted by Crippen LogP contribution is -2.17. The molecule has 2 saturated carbocycles. The summed E-state index contributed by atoms with van der Waals surface area (Å²) >= 11 is 0. The topological polar surface area (TPSA) is 0 Å². The molecule has 0 spiro atoms. The van der Waals surface area contributed by atoms with Gasteiger partial charge in [0.2, 0.25) is 0 Å². The average molecular weight is 190 g/mol. The van der Waals surface area contributed by atoms with Crippen molar-refractivity contribution in [2.75, 3.05) is 0 Å². The van der Waals surface area contributed by atoms with E-state index in [0.29, 0.717) is 5.82 Å². The SMILES string of the molecule is [B]C1CCCC2CCCCCC2CC1. The second-order valence-electron chi connectivity index (χ2n) is 5.43. The molecule has 14 heavy (non-hydrogen) atoms. The minimum atomic E-state index is 0.513. The maximum Gasteiger partial charge on any atom is 0.0699 e. The summed E-state index contributed by atoms with van der Waals surface area (Å²) in [7, 11) is 6.07. The highest BCUT2D eigenvalue weighted by Crippen LogP contribution is 2.39. The first kappa shape index (κ1) is 10.6. The Morgan fingerprint density at radius 3 is 2.00 bits per heavy atom. The second-order valence-corrected chi connectivity index (χ2v) is 5.43. The maximum atomic E-state index is 6.07. The van der Waals surface area contributed by atoms with Crippen molar-refractivity contribution in [1.29, 1.82) is 0 Å². The van der Waals surface area contributed by atoms with Gasteiger partial charge in [0.25, 0.3) is 0 Å². The maximum absolute atomic E-state index is 6.07. The van der Waals surface area contributed by atoms with Gasteiger partial charge in [-0.25, -0.2) is 0 Å². The first-order chi connectivity index (χ1) is 6.86. The number of hydrogen-bond donors (Lipinski definition) is 0. The minimum absolute atomic E-state index is 0.513. The Labute approximate surface area is 90.3 Å². The van der Waals surface area contributed by atoms with Gasteiger partial charge in [0.1, 0.15) is 0 Å². The summed E-state index contributed by atoms with van der Waals surface area (Å²) in [6.45, 7) is 0. The molecule has 1 heteroatoms. The Morgan fingerprint density at radius 1 is 0.571 bits per heavy atom. The van der Waals surface area contributed by atoms with Crippen molar-refractivity contribution in [1.82, 2.24) is 0 Å². The Bertz CT molecular complexity index is 167. The molecule has 0 saturated heterocycles. The fourth-order valence-electron chi connectivity index (χ4n) is 3.44. The summed E-state index contributed by atoms with van der Waals surface area (Å²) < 4.78 is 0. The Balaban J connectivity index is 1.92. The molecule has 2 aliphatic carbocycles. The zero-order valence-electron chi connectivity index (χ0n) is 9.38. The summed E-state index contributed by atoms with van der Waals surface area (Å²) in [5.74, 6) is 2.60. The van der Waals surface area contributed by atoms with Crippen molar-refractivity contribution >= 4 is 7.85 Å². The van der Waals surface area contributed by atoms with E-state index in [9.17, 15) is 0 Å². The minimum Gasteiger partial charge on any atom is -0.0774 e. The molecule has 0 bridgehead atoms. The van der Waals surface area contributed by atoms with Gasteiger partial charge in [-0.2, -0.15) is 0 Å². The van der Waals surface area contributed by atoms with Gasteiger partial charge in [0, 0.05) is 0 Å².